The number of rotatable bonds is 5. The van der Waals surface area contributed by atoms with Gasteiger partial charge in [-0.05, 0) is 43.2 Å². The molecule has 0 unspecified atom stereocenters. The number of anilines is 1. The second-order valence-corrected chi connectivity index (χ2v) is 7.72. The predicted molar refractivity (Wildman–Crippen MR) is 116 cm³/mol. The van der Waals surface area contributed by atoms with Crippen molar-refractivity contribution in [2.45, 2.75) is 33.4 Å². The van der Waals surface area contributed by atoms with E-state index in [-0.39, 0.29) is 18.1 Å². The van der Waals surface area contributed by atoms with Crippen molar-refractivity contribution in [3.63, 3.8) is 0 Å². The van der Waals surface area contributed by atoms with Crippen LogP contribution in [0.1, 0.15) is 18.9 Å². The largest absolute Gasteiger partial charge is 0.368 e. The Hall–Kier alpha value is -3.02. The molecule has 6 nitrogen and oxygen atoms in total. The summed E-state index contributed by atoms with van der Waals surface area (Å²) in [4.78, 5) is 30.1. The smallest absolute Gasteiger partial charge is 0.329 e. The van der Waals surface area contributed by atoms with Gasteiger partial charge in [0.1, 0.15) is 6.54 Å². The summed E-state index contributed by atoms with van der Waals surface area (Å²) >= 11 is 0. The third kappa shape index (κ3) is 3.79. The van der Waals surface area contributed by atoms with Gasteiger partial charge in [0.15, 0.2) is 0 Å². The first-order valence-electron chi connectivity index (χ1n) is 10.4. The van der Waals surface area contributed by atoms with Crippen LogP contribution in [0.3, 0.4) is 0 Å². The molecule has 1 aromatic heterocycles. The van der Waals surface area contributed by atoms with Crippen LogP contribution in [0, 0.1) is 6.92 Å². The molecular formula is C23H28N4O2. The SMILES string of the molecule is CCCn1c(=O)n(CC(=O)N2CCN(c3cccc(C)c3)CC2)c2ccccc21. The zero-order valence-corrected chi connectivity index (χ0v) is 17.2. The number of imidazole rings is 1. The van der Waals surface area contributed by atoms with E-state index < -0.39 is 0 Å². The molecule has 1 aliphatic heterocycles. The highest BCUT2D eigenvalue weighted by molar-refractivity contribution is 5.81. The molecule has 1 aliphatic rings. The number of aryl methyl sites for hydroxylation is 2. The molecule has 0 N–H and O–H groups in total. The number of amides is 1. The maximum Gasteiger partial charge on any atom is 0.329 e. The lowest BCUT2D eigenvalue weighted by atomic mass is 10.2. The van der Waals surface area contributed by atoms with Crippen LogP contribution in [0.4, 0.5) is 5.69 Å². The van der Waals surface area contributed by atoms with Crippen LogP contribution in [0.15, 0.2) is 53.3 Å². The minimum absolute atomic E-state index is 0.00962. The van der Waals surface area contributed by atoms with Crippen LogP contribution < -0.4 is 10.6 Å². The molecule has 1 amide bonds. The Morgan fingerprint density at radius 3 is 2.28 bits per heavy atom. The van der Waals surface area contributed by atoms with Gasteiger partial charge >= 0.3 is 5.69 Å². The van der Waals surface area contributed by atoms with Crippen molar-refractivity contribution < 1.29 is 4.79 Å². The average molecular weight is 393 g/mol. The lowest BCUT2D eigenvalue weighted by molar-refractivity contribution is -0.132. The molecule has 0 bridgehead atoms. The van der Waals surface area contributed by atoms with E-state index in [0.717, 1.165) is 30.5 Å². The van der Waals surface area contributed by atoms with Crippen molar-refractivity contribution in [2.24, 2.45) is 0 Å². The number of benzene rings is 2. The first-order chi connectivity index (χ1) is 14.1. The highest BCUT2D eigenvalue weighted by Crippen LogP contribution is 2.18. The van der Waals surface area contributed by atoms with E-state index in [9.17, 15) is 9.59 Å². The number of nitrogens with zero attached hydrogens (tertiary/aromatic N) is 4. The van der Waals surface area contributed by atoms with Crippen molar-refractivity contribution in [1.82, 2.24) is 14.0 Å². The Morgan fingerprint density at radius 2 is 1.62 bits per heavy atom. The zero-order valence-electron chi connectivity index (χ0n) is 17.2. The minimum Gasteiger partial charge on any atom is -0.368 e. The second kappa shape index (κ2) is 8.15. The van der Waals surface area contributed by atoms with E-state index >= 15 is 0 Å². The molecule has 4 rings (SSSR count). The molecular weight excluding hydrogens is 364 g/mol. The Bertz CT molecular complexity index is 1070. The number of piperazine rings is 1. The van der Waals surface area contributed by atoms with E-state index in [1.807, 2.05) is 29.2 Å². The summed E-state index contributed by atoms with van der Waals surface area (Å²) in [6.07, 6.45) is 0.878. The van der Waals surface area contributed by atoms with Gasteiger partial charge in [-0.25, -0.2) is 4.79 Å². The molecule has 0 spiro atoms. The van der Waals surface area contributed by atoms with Crippen molar-refractivity contribution in [3.05, 3.63) is 64.6 Å². The third-order valence-corrected chi connectivity index (χ3v) is 5.66. The average Bonchev–Trinajstić information content (AvgIpc) is 3.00. The van der Waals surface area contributed by atoms with Gasteiger partial charge in [-0.3, -0.25) is 13.9 Å². The van der Waals surface area contributed by atoms with Gasteiger partial charge in [0, 0.05) is 38.4 Å². The lowest BCUT2D eigenvalue weighted by Crippen LogP contribution is -2.50. The first kappa shape index (κ1) is 19.3. The summed E-state index contributed by atoms with van der Waals surface area (Å²) in [7, 11) is 0. The van der Waals surface area contributed by atoms with Gasteiger partial charge in [0.25, 0.3) is 0 Å². The maximum atomic E-state index is 13.0. The maximum absolute atomic E-state index is 13.0. The molecule has 152 valence electrons. The van der Waals surface area contributed by atoms with Crippen molar-refractivity contribution in [3.8, 4) is 0 Å². The normalized spacial score (nSPS) is 14.6. The van der Waals surface area contributed by atoms with Crippen LogP contribution in [0.5, 0.6) is 0 Å². The fourth-order valence-corrected chi connectivity index (χ4v) is 4.14. The number of fused-ring (bicyclic) bond motifs is 1. The molecule has 2 aromatic carbocycles. The fraction of sp³-hybridized carbons (Fsp3) is 0.391. The summed E-state index contributed by atoms with van der Waals surface area (Å²) in [5.41, 5.74) is 4.08. The Morgan fingerprint density at radius 1 is 0.931 bits per heavy atom. The molecule has 1 saturated heterocycles. The Balaban J connectivity index is 1.48. The predicted octanol–water partition coefficient (Wildman–Crippen LogP) is 2.87. The number of hydrogen-bond acceptors (Lipinski definition) is 3. The summed E-state index contributed by atoms with van der Waals surface area (Å²) in [6.45, 7) is 7.87. The fourth-order valence-electron chi connectivity index (χ4n) is 4.14. The molecule has 0 radical (unpaired) electrons. The minimum atomic E-state index is -0.0974. The second-order valence-electron chi connectivity index (χ2n) is 7.72. The van der Waals surface area contributed by atoms with Crippen molar-refractivity contribution in [2.75, 3.05) is 31.1 Å². The van der Waals surface area contributed by atoms with E-state index in [2.05, 4.69) is 43.0 Å². The van der Waals surface area contributed by atoms with E-state index in [0.29, 0.717) is 19.6 Å². The molecule has 6 heteroatoms. The number of aromatic nitrogens is 2. The van der Waals surface area contributed by atoms with Crippen LogP contribution >= 0.6 is 0 Å². The molecule has 3 aromatic rings. The van der Waals surface area contributed by atoms with Crippen molar-refractivity contribution in [1.29, 1.82) is 0 Å². The molecule has 0 saturated carbocycles. The lowest BCUT2D eigenvalue weighted by Gasteiger charge is -2.36. The van der Waals surface area contributed by atoms with E-state index in [4.69, 9.17) is 0 Å². The van der Waals surface area contributed by atoms with Gasteiger partial charge in [-0.15, -0.1) is 0 Å². The van der Waals surface area contributed by atoms with E-state index in [1.165, 1.54) is 11.3 Å². The quantitative estimate of drug-likeness (QED) is 0.671. The standard InChI is InChI=1S/C23H28N4O2/c1-3-11-26-20-9-4-5-10-21(20)27(23(26)29)17-22(28)25-14-12-24(13-15-25)19-8-6-7-18(2)16-19/h4-10,16H,3,11-15,17H2,1-2H3. The Kier molecular flexibility index (Phi) is 5.43. The molecule has 2 heterocycles. The van der Waals surface area contributed by atoms with Crippen LogP contribution in [0.2, 0.25) is 0 Å². The molecule has 0 aliphatic carbocycles. The van der Waals surface area contributed by atoms with Crippen LogP contribution in [0.25, 0.3) is 11.0 Å². The topological polar surface area (TPSA) is 50.5 Å². The summed E-state index contributed by atoms with van der Waals surface area (Å²) in [6, 6.07) is 16.2. The van der Waals surface area contributed by atoms with Gasteiger partial charge in [-0.2, -0.15) is 0 Å². The number of carbonyl (C=O) groups excluding carboxylic acids is 1. The third-order valence-electron chi connectivity index (χ3n) is 5.66. The molecule has 1 fully saturated rings. The Labute approximate surface area is 171 Å². The van der Waals surface area contributed by atoms with E-state index in [1.54, 1.807) is 9.13 Å². The van der Waals surface area contributed by atoms with Gasteiger partial charge < -0.3 is 9.80 Å². The highest BCUT2D eigenvalue weighted by atomic mass is 16.2. The highest BCUT2D eigenvalue weighted by Gasteiger charge is 2.23. The summed E-state index contributed by atoms with van der Waals surface area (Å²) in [5, 5.41) is 0. The summed E-state index contributed by atoms with van der Waals surface area (Å²) < 4.78 is 3.40. The van der Waals surface area contributed by atoms with Gasteiger partial charge in [0.05, 0.1) is 11.0 Å². The molecule has 29 heavy (non-hydrogen) atoms. The van der Waals surface area contributed by atoms with Crippen LogP contribution in [-0.2, 0) is 17.9 Å². The molecule has 0 atom stereocenters. The monoisotopic (exact) mass is 392 g/mol. The first-order valence-corrected chi connectivity index (χ1v) is 10.4. The van der Waals surface area contributed by atoms with Gasteiger partial charge in [0.2, 0.25) is 5.91 Å². The number of carbonyl (C=O) groups is 1. The zero-order chi connectivity index (χ0) is 20.4. The number of para-hydroxylation sites is 2. The van der Waals surface area contributed by atoms with Gasteiger partial charge in [-0.1, -0.05) is 31.2 Å². The summed E-state index contributed by atoms with van der Waals surface area (Å²) in [5.74, 6) is 0.00962. The van der Waals surface area contributed by atoms with Crippen LogP contribution in [-0.4, -0.2) is 46.1 Å². The number of hydrogen-bond donors (Lipinski definition) is 0. The van der Waals surface area contributed by atoms with Crippen molar-refractivity contribution >= 4 is 22.6 Å².